The molecular weight excluding hydrogens is 334 g/mol. The van der Waals surface area contributed by atoms with E-state index in [-0.39, 0.29) is 43.3 Å². The van der Waals surface area contributed by atoms with E-state index in [1.165, 1.54) is 10.9 Å². The molecule has 1 aromatic carbocycles. The van der Waals surface area contributed by atoms with Gasteiger partial charge in [0, 0.05) is 26.1 Å². The first-order chi connectivity index (χ1) is 12.3. The zero-order valence-corrected chi connectivity index (χ0v) is 15.4. The number of hydrogen-bond donors (Lipinski definition) is 1. The second kappa shape index (κ2) is 8.60. The van der Waals surface area contributed by atoms with Crippen molar-refractivity contribution in [2.24, 2.45) is 5.92 Å². The number of aryl methyl sites for hydroxylation is 2. The highest BCUT2D eigenvalue weighted by atomic mass is 16.4. The van der Waals surface area contributed by atoms with Crippen molar-refractivity contribution in [3.63, 3.8) is 0 Å². The van der Waals surface area contributed by atoms with Crippen LogP contribution in [0.5, 0.6) is 0 Å². The molecule has 0 atom stereocenters. The lowest BCUT2D eigenvalue weighted by molar-refractivity contribution is -0.138. The van der Waals surface area contributed by atoms with Crippen molar-refractivity contribution in [3.8, 4) is 0 Å². The standard InChI is InChI=1S/C19H25N3O4/c1-13(2)11-21(10-8-17(24)25)16(23)7-9-22-12-20-18-14(3)5-4-6-15(18)19(22)26/h4-6,12-13H,7-11H2,1-3H3,(H,24,25). The van der Waals surface area contributed by atoms with Crippen LogP contribution in [0.1, 0.15) is 32.3 Å². The van der Waals surface area contributed by atoms with Gasteiger partial charge in [0.25, 0.3) is 5.56 Å². The summed E-state index contributed by atoms with van der Waals surface area (Å²) in [6, 6.07) is 5.44. The zero-order chi connectivity index (χ0) is 19.3. The number of fused-ring (bicyclic) bond motifs is 1. The van der Waals surface area contributed by atoms with Gasteiger partial charge >= 0.3 is 5.97 Å². The van der Waals surface area contributed by atoms with Gasteiger partial charge in [0.05, 0.1) is 23.7 Å². The maximum atomic E-state index is 12.6. The van der Waals surface area contributed by atoms with E-state index < -0.39 is 5.97 Å². The van der Waals surface area contributed by atoms with Crippen LogP contribution in [0, 0.1) is 12.8 Å². The number of carboxylic acid groups (broad SMARTS) is 1. The molecule has 0 saturated carbocycles. The Hall–Kier alpha value is -2.70. The Labute approximate surface area is 152 Å². The first-order valence-electron chi connectivity index (χ1n) is 8.74. The lowest BCUT2D eigenvalue weighted by Gasteiger charge is -2.24. The van der Waals surface area contributed by atoms with E-state index in [1.807, 2.05) is 32.9 Å². The van der Waals surface area contributed by atoms with Crippen LogP contribution in [-0.4, -0.2) is 44.5 Å². The van der Waals surface area contributed by atoms with Gasteiger partial charge in [-0.15, -0.1) is 0 Å². The smallest absolute Gasteiger partial charge is 0.305 e. The van der Waals surface area contributed by atoms with Crippen molar-refractivity contribution in [1.29, 1.82) is 0 Å². The van der Waals surface area contributed by atoms with Gasteiger partial charge in [-0.3, -0.25) is 19.0 Å². The maximum Gasteiger partial charge on any atom is 0.305 e. The largest absolute Gasteiger partial charge is 0.481 e. The second-order valence-corrected chi connectivity index (χ2v) is 6.84. The van der Waals surface area contributed by atoms with Gasteiger partial charge in [-0.1, -0.05) is 26.0 Å². The minimum atomic E-state index is -0.933. The normalized spacial score (nSPS) is 11.1. The Morgan fingerprint density at radius 3 is 2.65 bits per heavy atom. The van der Waals surface area contributed by atoms with E-state index in [9.17, 15) is 14.4 Å². The van der Waals surface area contributed by atoms with Gasteiger partial charge in [0.1, 0.15) is 0 Å². The Morgan fingerprint density at radius 2 is 2.00 bits per heavy atom. The molecule has 0 bridgehead atoms. The minimum Gasteiger partial charge on any atom is -0.481 e. The van der Waals surface area contributed by atoms with Crippen LogP contribution in [0.2, 0.25) is 0 Å². The summed E-state index contributed by atoms with van der Waals surface area (Å²) < 4.78 is 1.43. The van der Waals surface area contributed by atoms with E-state index in [0.717, 1.165) is 5.56 Å². The van der Waals surface area contributed by atoms with Crippen LogP contribution in [0.4, 0.5) is 0 Å². The molecule has 0 unspecified atom stereocenters. The predicted octanol–water partition coefficient (Wildman–Crippen LogP) is 2.05. The summed E-state index contributed by atoms with van der Waals surface area (Å²) in [6.45, 7) is 6.74. The molecule has 1 N–H and O–H groups in total. The third-order valence-corrected chi connectivity index (χ3v) is 4.16. The number of amides is 1. The van der Waals surface area contributed by atoms with E-state index in [4.69, 9.17) is 5.11 Å². The van der Waals surface area contributed by atoms with Crippen LogP contribution in [-0.2, 0) is 16.1 Å². The molecule has 0 aliphatic heterocycles. The van der Waals surface area contributed by atoms with Crippen LogP contribution in [0.25, 0.3) is 10.9 Å². The summed E-state index contributed by atoms with van der Waals surface area (Å²) in [7, 11) is 0. The molecule has 2 aromatic rings. The summed E-state index contributed by atoms with van der Waals surface area (Å²) in [5, 5.41) is 9.39. The number of benzene rings is 1. The Balaban J connectivity index is 2.11. The number of carbonyl (C=O) groups excluding carboxylic acids is 1. The predicted molar refractivity (Wildman–Crippen MR) is 99.0 cm³/mol. The molecule has 7 nitrogen and oxygen atoms in total. The number of carboxylic acids is 1. The fourth-order valence-electron chi connectivity index (χ4n) is 2.86. The highest BCUT2D eigenvalue weighted by Crippen LogP contribution is 2.11. The lowest BCUT2D eigenvalue weighted by Crippen LogP contribution is -2.37. The number of aromatic nitrogens is 2. The molecule has 0 aliphatic rings. The lowest BCUT2D eigenvalue weighted by atomic mass is 10.1. The number of nitrogens with zero attached hydrogens (tertiary/aromatic N) is 3. The van der Waals surface area contributed by atoms with Gasteiger partial charge in [-0.05, 0) is 24.5 Å². The first-order valence-corrected chi connectivity index (χ1v) is 8.74. The van der Waals surface area contributed by atoms with Crippen molar-refractivity contribution in [3.05, 3.63) is 40.4 Å². The average Bonchev–Trinajstić information content (AvgIpc) is 2.58. The van der Waals surface area contributed by atoms with Gasteiger partial charge in [-0.25, -0.2) is 4.98 Å². The molecule has 1 aromatic heterocycles. The molecule has 1 heterocycles. The Morgan fingerprint density at radius 1 is 1.27 bits per heavy atom. The van der Waals surface area contributed by atoms with E-state index >= 15 is 0 Å². The van der Waals surface area contributed by atoms with Gasteiger partial charge in [0.15, 0.2) is 0 Å². The number of carbonyl (C=O) groups is 2. The van der Waals surface area contributed by atoms with Gasteiger partial charge in [-0.2, -0.15) is 0 Å². The molecular formula is C19H25N3O4. The van der Waals surface area contributed by atoms with Crippen LogP contribution < -0.4 is 5.56 Å². The first kappa shape index (κ1) is 19.6. The zero-order valence-electron chi connectivity index (χ0n) is 15.4. The molecule has 0 fully saturated rings. The highest BCUT2D eigenvalue weighted by Gasteiger charge is 2.16. The monoisotopic (exact) mass is 359 g/mol. The summed E-state index contributed by atoms with van der Waals surface area (Å²) in [6.07, 6.45) is 1.51. The molecule has 0 aliphatic carbocycles. The molecule has 2 rings (SSSR count). The van der Waals surface area contributed by atoms with E-state index in [1.54, 1.807) is 11.0 Å². The summed E-state index contributed by atoms with van der Waals surface area (Å²) >= 11 is 0. The molecule has 26 heavy (non-hydrogen) atoms. The molecule has 0 saturated heterocycles. The van der Waals surface area contributed by atoms with E-state index in [0.29, 0.717) is 17.4 Å². The quantitative estimate of drug-likeness (QED) is 0.779. The van der Waals surface area contributed by atoms with Gasteiger partial charge < -0.3 is 10.0 Å². The average molecular weight is 359 g/mol. The number of para-hydroxylation sites is 1. The SMILES string of the molecule is Cc1cccc2c(=O)n(CCC(=O)N(CCC(=O)O)CC(C)C)cnc12. The number of rotatable bonds is 8. The van der Waals surface area contributed by atoms with Crippen LogP contribution >= 0.6 is 0 Å². The third kappa shape index (κ3) is 4.91. The number of aliphatic carboxylic acids is 1. The third-order valence-electron chi connectivity index (χ3n) is 4.16. The fourth-order valence-corrected chi connectivity index (χ4v) is 2.86. The fraction of sp³-hybridized carbons (Fsp3) is 0.474. The van der Waals surface area contributed by atoms with Crippen molar-refractivity contribution in [2.75, 3.05) is 13.1 Å². The summed E-state index contributed by atoms with van der Waals surface area (Å²) in [5.41, 5.74) is 1.43. The van der Waals surface area contributed by atoms with Crippen molar-refractivity contribution in [1.82, 2.24) is 14.5 Å². The summed E-state index contributed by atoms with van der Waals surface area (Å²) in [4.78, 5) is 41.8. The van der Waals surface area contributed by atoms with Gasteiger partial charge in [0.2, 0.25) is 5.91 Å². The Bertz CT molecular complexity index is 857. The van der Waals surface area contributed by atoms with Crippen LogP contribution in [0.15, 0.2) is 29.3 Å². The van der Waals surface area contributed by atoms with Crippen molar-refractivity contribution >= 4 is 22.8 Å². The Kier molecular flexibility index (Phi) is 6.49. The minimum absolute atomic E-state index is 0.0881. The number of hydrogen-bond acceptors (Lipinski definition) is 4. The highest BCUT2D eigenvalue weighted by molar-refractivity contribution is 5.80. The molecule has 1 amide bonds. The van der Waals surface area contributed by atoms with E-state index in [2.05, 4.69) is 4.98 Å². The molecule has 0 radical (unpaired) electrons. The molecule has 7 heteroatoms. The summed E-state index contributed by atoms with van der Waals surface area (Å²) in [5.74, 6) is -0.853. The van der Waals surface area contributed by atoms with Crippen molar-refractivity contribution in [2.45, 2.75) is 40.2 Å². The maximum absolute atomic E-state index is 12.6. The second-order valence-electron chi connectivity index (χ2n) is 6.84. The van der Waals surface area contributed by atoms with Crippen LogP contribution in [0.3, 0.4) is 0 Å². The molecule has 140 valence electrons. The topological polar surface area (TPSA) is 92.5 Å². The van der Waals surface area contributed by atoms with Crippen molar-refractivity contribution < 1.29 is 14.7 Å². The molecule has 0 spiro atoms.